The van der Waals surface area contributed by atoms with Gasteiger partial charge in [-0.1, -0.05) is 24.3 Å². The van der Waals surface area contributed by atoms with Crippen molar-refractivity contribution in [1.82, 2.24) is 10.2 Å². The van der Waals surface area contributed by atoms with Crippen LogP contribution in [0.3, 0.4) is 0 Å². The highest BCUT2D eigenvalue weighted by Gasteiger charge is 2.33. The summed E-state index contributed by atoms with van der Waals surface area (Å²) in [4.78, 5) is 16.9. The van der Waals surface area contributed by atoms with E-state index in [0.29, 0.717) is 24.6 Å². The van der Waals surface area contributed by atoms with Crippen molar-refractivity contribution in [2.45, 2.75) is 31.8 Å². The number of rotatable bonds is 7. The molecule has 1 aliphatic heterocycles. The standard InChI is InChI=1S/C23H28FN3O2/c1-29-21-7-4-6-20(13-21)26-12-11-17(15-26)14-25-23(28)27(19-9-10-19)16-18-5-2-3-8-22(18)24/h2-8,13,17,19H,9-12,14-16H2,1H3,(H,25,28). The van der Waals surface area contributed by atoms with Gasteiger partial charge in [0.1, 0.15) is 11.6 Å². The molecule has 2 aliphatic rings. The van der Waals surface area contributed by atoms with E-state index in [-0.39, 0.29) is 17.9 Å². The Bertz CT molecular complexity index is 856. The number of hydrogen-bond donors (Lipinski definition) is 1. The van der Waals surface area contributed by atoms with Crippen LogP contribution in [0.25, 0.3) is 0 Å². The van der Waals surface area contributed by atoms with Gasteiger partial charge in [-0.2, -0.15) is 0 Å². The molecule has 154 valence electrons. The molecule has 0 bridgehead atoms. The predicted octanol–water partition coefficient (Wildman–Crippen LogP) is 4.03. The summed E-state index contributed by atoms with van der Waals surface area (Å²) in [6.07, 6.45) is 3.03. The summed E-state index contributed by atoms with van der Waals surface area (Å²) >= 11 is 0. The molecule has 29 heavy (non-hydrogen) atoms. The predicted molar refractivity (Wildman–Crippen MR) is 112 cm³/mol. The Kier molecular flexibility index (Phi) is 5.88. The Morgan fingerprint density at radius 2 is 2.03 bits per heavy atom. The summed E-state index contributed by atoms with van der Waals surface area (Å²) < 4.78 is 19.3. The van der Waals surface area contributed by atoms with E-state index in [4.69, 9.17) is 4.74 Å². The molecule has 1 atom stereocenters. The second-order valence-corrected chi connectivity index (χ2v) is 7.94. The van der Waals surface area contributed by atoms with Gasteiger partial charge in [0.2, 0.25) is 0 Å². The van der Waals surface area contributed by atoms with Crippen molar-refractivity contribution in [2.75, 3.05) is 31.6 Å². The maximum atomic E-state index is 14.0. The minimum Gasteiger partial charge on any atom is -0.497 e. The van der Waals surface area contributed by atoms with Crippen LogP contribution in [0, 0.1) is 11.7 Å². The van der Waals surface area contributed by atoms with Crippen LogP contribution in [0.5, 0.6) is 5.75 Å². The van der Waals surface area contributed by atoms with E-state index < -0.39 is 0 Å². The first-order valence-corrected chi connectivity index (χ1v) is 10.3. The summed E-state index contributed by atoms with van der Waals surface area (Å²) in [5.41, 5.74) is 1.72. The van der Waals surface area contributed by atoms with Crippen LogP contribution in [0.2, 0.25) is 0 Å². The number of halogens is 1. The lowest BCUT2D eigenvalue weighted by Gasteiger charge is -2.24. The van der Waals surface area contributed by atoms with E-state index in [2.05, 4.69) is 16.3 Å². The zero-order chi connectivity index (χ0) is 20.2. The Labute approximate surface area is 171 Å². The first kappa shape index (κ1) is 19.6. The molecule has 1 saturated heterocycles. The highest BCUT2D eigenvalue weighted by molar-refractivity contribution is 5.75. The van der Waals surface area contributed by atoms with Crippen LogP contribution in [0.15, 0.2) is 48.5 Å². The van der Waals surface area contributed by atoms with Crippen molar-refractivity contribution in [2.24, 2.45) is 5.92 Å². The fourth-order valence-electron chi connectivity index (χ4n) is 3.94. The second kappa shape index (κ2) is 8.72. The third-order valence-electron chi connectivity index (χ3n) is 5.79. The average Bonchev–Trinajstić information content (AvgIpc) is 3.48. The van der Waals surface area contributed by atoms with E-state index >= 15 is 0 Å². The quantitative estimate of drug-likeness (QED) is 0.767. The lowest BCUT2D eigenvalue weighted by atomic mass is 10.1. The average molecular weight is 397 g/mol. The van der Waals surface area contributed by atoms with Gasteiger partial charge in [-0.15, -0.1) is 0 Å². The van der Waals surface area contributed by atoms with Crippen LogP contribution in [0.1, 0.15) is 24.8 Å². The third-order valence-corrected chi connectivity index (χ3v) is 5.79. The van der Waals surface area contributed by atoms with Crippen molar-refractivity contribution in [3.63, 3.8) is 0 Å². The van der Waals surface area contributed by atoms with Gasteiger partial charge in [0.15, 0.2) is 0 Å². The van der Waals surface area contributed by atoms with Crippen molar-refractivity contribution in [3.8, 4) is 5.75 Å². The summed E-state index contributed by atoms with van der Waals surface area (Å²) in [5, 5.41) is 3.09. The van der Waals surface area contributed by atoms with Gasteiger partial charge in [0.05, 0.1) is 13.7 Å². The molecule has 4 rings (SSSR count). The molecule has 1 unspecified atom stereocenters. The molecule has 5 nitrogen and oxygen atoms in total. The highest BCUT2D eigenvalue weighted by Crippen LogP contribution is 2.29. The second-order valence-electron chi connectivity index (χ2n) is 7.94. The van der Waals surface area contributed by atoms with E-state index in [1.54, 1.807) is 24.1 Å². The van der Waals surface area contributed by atoms with E-state index in [1.807, 2.05) is 24.3 Å². The molecule has 1 saturated carbocycles. The smallest absolute Gasteiger partial charge is 0.317 e. The topological polar surface area (TPSA) is 44.8 Å². The fourth-order valence-corrected chi connectivity index (χ4v) is 3.94. The van der Waals surface area contributed by atoms with Gasteiger partial charge in [-0.3, -0.25) is 0 Å². The number of carbonyl (C=O) groups excluding carboxylic acids is 1. The number of anilines is 1. The zero-order valence-corrected chi connectivity index (χ0v) is 16.8. The van der Waals surface area contributed by atoms with Crippen molar-refractivity contribution < 1.29 is 13.9 Å². The first-order chi connectivity index (χ1) is 14.1. The Balaban J connectivity index is 1.31. The lowest BCUT2D eigenvalue weighted by molar-refractivity contribution is 0.189. The van der Waals surface area contributed by atoms with Crippen LogP contribution in [-0.2, 0) is 6.54 Å². The monoisotopic (exact) mass is 397 g/mol. The number of amides is 2. The van der Waals surface area contributed by atoms with E-state index in [0.717, 1.165) is 43.8 Å². The lowest BCUT2D eigenvalue weighted by Crippen LogP contribution is -2.43. The SMILES string of the molecule is COc1cccc(N2CCC(CNC(=O)N(Cc3ccccc3F)C3CC3)C2)c1. The van der Waals surface area contributed by atoms with Crippen LogP contribution < -0.4 is 15.0 Å². The summed E-state index contributed by atoms with van der Waals surface area (Å²) in [6.45, 7) is 2.84. The maximum absolute atomic E-state index is 14.0. The summed E-state index contributed by atoms with van der Waals surface area (Å²) in [5.74, 6) is 1.00. The molecule has 1 heterocycles. The van der Waals surface area contributed by atoms with Gasteiger partial charge < -0.3 is 19.9 Å². The molecule has 0 radical (unpaired) electrons. The molecule has 2 aromatic carbocycles. The summed E-state index contributed by atoms with van der Waals surface area (Å²) in [7, 11) is 1.67. The highest BCUT2D eigenvalue weighted by atomic mass is 19.1. The normalized spacial score (nSPS) is 18.6. The number of benzene rings is 2. The van der Waals surface area contributed by atoms with E-state index in [1.165, 1.54) is 6.07 Å². The van der Waals surface area contributed by atoms with Crippen molar-refractivity contribution in [3.05, 3.63) is 59.9 Å². The largest absolute Gasteiger partial charge is 0.497 e. The molecule has 2 fully saturated rings. The summed E-state index contributed by atoms with van der Waals surface area (Å²) in [6, 6.07) is 14.9. The zero-order valence-electron chi connectivity index (χ0n) is 16.8. The van der Waals surface area contributed by atoms with Gasteiger partial charge in [-0.05, 0) is 43.4 Å². The van der Waals surface area contributed by atoms with Crippen molar-refractivity contribution in [1.29, 1.82) is 0 Å². The van der Waals surface area contributed by atoms with Crippen molar-refractivity contribution >= 4 is 11.7 Å². The Morgan fingerprint density at radius 3 is 2.79 bits per heavy atom. The number of nitrogens with zero attached hydrogens (tertiary/aromatic N) is 2. The number of hydrogen-bond acceptors (Lipinski definition) is 3. The van der Waals surface area contributed by atoms with Crippen LogP contribution >= 0.6 is 0 Å². The van der Waals surface area contributed by atoms with Gasteiger partial charge >= 0.3 is 6.03 Å². The Hall–Kier alpha value is -2.76. The molecular formula is C23H28FN3O2. The Morgan fingerprint density at radius 1 is 1.21 bits per heavy atom. The minimum absolute atomic E-state index is 0.0874. The number of urea groups is 1. The minimum atomic E-state index is -0.254. The molecule has 6 heteroatoms. The number of nitrogens with one attached hydrogen (secondary N) is 1. The number of carbonyl (C=O) groups is 1. The van der Waals surface area contributed by atoms with Gasteiger partial charge in [0.25, 0.3) is 0 Å². The van der Waals surface area contributed by atoms with E-state index in [9.17, 15) is 9.18 Å². The molecule has 0 aromatic heterocycles. The third kappa shape index (κ3) is 4.81. The van der Waals surface area contributed by atoms with Gasteiger partial charge in [-0.25, -0.2) is 9.18 Å². The number of methoxy groups -OCH3 is 1. The molecule has 1 aliphatic carbocycles. The molecule has 2 aromatic rings. The van der Waals surface area contributed by atoms with Crippen LogP contribution in [-0.4, -0.2) is 43.7 Å². The first-order valence-electron chi connectivity index (χ1n) is 10.3. The molecule has 0 spiro atoms. The fraction of sp³-hybridized carbons (Fsp3) is 0.435. The molecule has 2 amide bonds. The molecular weight excluding hydrogens is 369 g/mol. The van der Waals surface area contributed by atoms with Crippen LogP contribution in [0.4, 0.5) is 14.9 Å². The molecule has 1 N–H and O–H groups in total. The van der Waals surface area contributed by atoms with Gasteiger partial charge in [0, 0.05) is 43.0 Å². The number of ether oxygens (including phenoxy) is 1. The maximum Gasteiger partial charge on any atom is 0.317 e.